The number of nitrogens with one attached hydrogen (secondary N) is 3. The van der Waals surface area contributed by atoms with Gasteiger partial charge in [-0.05, 0) is 63.4 Å². The van der Waals surface area contributed by atoms with Crippen molar-refractivity contribution >= 4 is 29.6 Å². The van der Waals surface area contributed by atoms with E-state index in [9.17, 15) is 19.2 Å². The van der Waals surface area contributed by atoms with Gasteiger partial charge in [-0.3, -0.25) is 24.7 Å². The van der Waals surface area contributed by atoms with Crippen molar-refractivity contribution in [3.63, 3.8) is 0 Å². The van der Waals surface area contributed by atoms with Crippen LogP contribution < -0.4 is 16.1 Å². The fourth-order valence-electron chi connectivity index (χ4n) is 4.77. The molecule has 5 amide bonds. The predicted molar refractivity (Wildman–Crippen MR) is 116 cm³/mol. The number of aromatic nitrogens is 1. The highest BCUT2D eigenvalue weighted by atomic mass is 16.2. The summed E-state index contributed by atoms with van der Waals surface area (Å²) in [7, 11) is 0. The van der Waals surface area contributed by atoms with Gasteiger partial charge in [-0.2, -0.15) is 5.01 Å². The van der Waals surface area contributed by atoms with Crippen LogP contribution >= 0.6 is 0 Å². The molecule has 1 aliphatic carbocycles. The molecule has 0 aromatic carbocycles. The molecule has 3 heterocycles. The van der Waals surface area contributed by atoms with Crippen molar-refractivity contribution in [1.82, 2.24) is 25.6 Å². The number of amides is 5. The zero-order valence-corrected chi connectivity index (χ0v) is 18.4. The van der Waals surface area contributed by atoms with E-state index in [4.69, 9.17) is 0 Å². The van der Waals surface area contributed by atoms with Crippen molar-refractivity contribution in [2.45, 2.75) is 57.4 Å². The molecule has 1 aromatic rings. The molecule has 0 radical (unpaired) electrons. The van der Waals surface area contributed by atoms with E-state index in [-0.39, 0.29) is 24.3 Å². The number of likely N-dealkylation sites (tertiary alicyclic amines) is 1. The van der Waals surface area contributed by atoms with Crippen molar-refractivity contribution in [2.24, 2.45) is 5.92 Å². The van der Waals surface area contributed by atoms with Gasteiger partial charge in [0, 0.05) is 12.1 Å². The fraction of sp³-hybridized carbons (Fsp3) is 0.591. The van der Waals surface area contributed by atoms with Gasteiger partial charge < -0.3 is 10.6 Å². The summed E-state index contributed by atoms with van der Waals surface area (Å²) in [6, 6.07) is 3.13. The zero-order chi connectivity index (χ0) is 22.7. The third-order valence-corrected chi connectivity index (χ3v) is 6.60. The Morgan fingerprint density at radius 3 is 2.59 bits per heavy atom. The van der Waals surface area contributed by atoms with E-state index in [1.807, 2.05) is 24.0 Å². The number of hydrogen-bond acceptors (Lipinski definition) is 6. The van der Waals surface area contributed by atoms with Crippen LogP contribution in [-0.4, -0.2) is 63.8 Å². The van der Waals surface area contributed by atoms with Crippen LogP contribution in [0, 0.1) is 12.8 Å². The quantitative estimate of drug-likeness (QED) is 0.591. The minimum absolute atomic E-state index is 0.0654. The number of carbonyl (C=O) groups is 4. The van der Waals surface area contributed by atoms with Crippen molar-refractivity contribution in [2.75, 3.05) is 25.0 Å². The average Bonchev–Trinajstić information content (AvgIpc) is 2.98. The number of nitrogens with zero attached hydrogens (tertiary/aromatic N) is 3. The first-order valence-corrected chi connectivity index (χ1v) is 11.3. The molecule has 3 N–H and O–H groups in total. The molecule has 1 spiro atoms. The van der Waals surface area contributed by atoms with Crippen LogP contribution in [0.25, 0.3) is 0 Å². The lowest BCUT2D eigenvalue weighted by atomic mass is 9.82. The summed E-state index contributed by atoms with van der Waals surface area (Å²) < 4.78 is 0. The number of piperidine rings is 1. The Kier molecular flexibility index (Phi) is 6.40. The molecule has 3 fully saturated rings. The summed E-state index contributed by atoms with van der Waals surface area (Å²) in [5.74, 6) is -0.442. The zero-order valence-electron chi connectivity index (χ0n) is 18.4. The Morgan fingerprint density at radius 2 is 1.91 bits per heavy atom. The summed E-state index contributed by atoms with van der Waals surface area (Å²) >= 11 is 0. The van der Waals surface area contributed by atoms with Crippen LogP contribution in [0.3, 0.4) is 0 Å². The molecule has 172 valence electrons. The van der Waals surface area contributed by atoms with Crippen LogP contribution in [0.15, 0.2) is 18.3 Å². The minimum Gasteiger partial charge on any atom is -0.322 e. The Balaban J connectivity index is 1.23. The van der Waals surface area contributed by atoms with Gasteiger partial charge in [-0.1, -0.05) is 19.3 Å². The molecule has 2 aliphatic heterocycles. The highest BCUT2D eigenvalue weighted by Crippen LogP contribution is 2.33. The third-order valence-electron chi connectivity index (χ3n) is 6.60. The van der Waals surface area contributed by atoms with E-state index in [1.165, 1.54) is 0 Å². The van der Waals surface area contributed by atoms with Gasteiger partial charge in [0.2, 0.25) is 5.91 Å². The molecule has 32 heavy (non-hydrogen) atoms. The molecular weight excluding hydrogens is 412 g/mol. The van der Waals surface area contributed by atoms with Crippen LogP contribution in [0.1, 0.15) is 50.5 Å². The van der Waals surface area contributed by atoms with E-state index in [2.05, 4.69) is 21.0 Å². The number of urea groups is 1. The van der Waals surface area contributed by atoms with E-state index < -0.39 is 17.5 Å². The van der Waals surface area contributed by atoms with Gasteiger partial charge in [-0.15, -0.1) is 0 Å². The van der Waals surface area contributed by atoms with Crippen molar-refractivity contribution in [3.05, 3.63) is 23.9 Å². The van der Waals surface area contributed by atoms with Crippen LogP contribution in [-0.2, 0) is 14.4 Å². The Bertz CT molecular complexity index is 905. The van der Waals surface area contributed by atoms with E-state index in [0.717, 1.165) is 29.8 Å². The lowest BCUT2D eigenvalue weighted by Gasteiger charge is -2.31. The second kappa shape index (κ2) is 9.23. The van der Waals surface area contributed by atoms with Gasteiger partial charge in [0.05, 0.1) is 6.54 Å². The third kappa shape index (κ3) is 4.74. The topological polar surface area (TPSA) is 124 Å². The molecule has 4 rings (SSSR count). The van der Waals surface area contributed by atoms with Gasteiger partial charge in [-0.25, -0.2) is 9.78 Å². The first-order valence-electron chi connectivity index (χ1n) is 11.3. The summed E-state index contributed by atoms with van der Waals surface area (Å²) in [5, 5.41) is 6.47. The summed E-state index contributed by atoms with van der Waals surface area (Å²) in [4.78, 5) is 56.2. The largest absolute Gasteiger partial charge is 0.344 e. The number of anilines is 1. The first-order chi connectivity index (χ1) is 15.4. The van der Waals surface area contributed by atoms with E-state index in [0.29, 0.717) is 44.6 Å². The maximum atomic E-state index is 12.8. The number of hydrazine groups is 1. The smallest absolute Gasteiger partial charge is 0.322 e. The van der Waals surface area contributed by atoms with Gasteiger partial charge >= 0.3 is 6.03 Å². The fourth-order valence-corrected chi connectivity index (χ4v) is 4.77. The molecule has 1 saturated carbocycles. The van der Waals surface area contributed by atoms with Crippen molar-refractivity contribution < 1.29 is 19.2 Å². The second-order valence-electron chi connectivity index (χ2n) is 9.01. The number of hydrogen-bond donors (Lipinski definition) is 3. The average molecular weight is 443 g/mol. The summed E-state index contributed by atoms with van der Waals surface area (Å²) in [6.45, 7) is 3.17. The number of imide groups is 1. The Labute approximate surface area is 187 Å². The van der Waals surface area contributed by atoms with Gasteiger partial charge in [0.25, 0.3) is 11.8 Å². The summed E-state index contributed by atoms with van der Waals surface area (Å²) in [6.07, 6.45) is 6.94. The van der Waals surface area contributed by atoms with Crippen molar-refractivity contribution in [1.29, 1.82) is 0 Å². The molecule has 3 aliphatic rings. The molecule has 2 saturated heterocycles. The molecule has 10 nitrogen and oxygen atoms in total. The number of carbonyl (C=O) groups excluding carboxylic acids is 4. The second-order valence-corrected chi connectivity index (χ2v) is 9.01. The lowest BCUT2D eigenvalue weighted by Crippen LogP contribution is -2.53. The van der Waals surface area contributed by atoms with E-state index >= 15 is 0 Å². The van der Waals surface area contributed by atoms with E-state index in [1.54, 1.807) is 6.20 Å². The standard InChI is InChI=1S/C22H30N6O4/c1-15-5-10-23-17(13-15)24-19(30)16-6-11-27(12-7-16)14-18(29)26-28-20(31)22(25-21(28)32)8-3-2-4-9-22/h5,10,13,16H,2-4,6-9,11-12,14H2,1H3,(H,25,32)(H,26,29)(H,23,24,30). The molecule has 0 unspecified atom stereocenters. The number of pyridine rings is 1. The SMILES string of the molecule is Cc1ccnc(NC(=O)C2CCN(CC(=O)NN3C(=O)NC4(CCCCC4)C3=O)CC2)c1. The molecular formula is C22H30N6O4. The maximum Gasteiger partial charge on any atom is 0.344 e. The monoisotopic (exact) mass is 442 g/mol. The van der Waals surface area contributed by atoms with Gasteiger partial charge in [0.1, 0.15) is 11.4 Å². The predicted octanol–water partition coefficient (Wildman–Crippen LogP) is 1.33. The van der Waals surface area contributed by atoms with Crippen LogP contribution in [0.5, 0.6) is 0 Å². The highest BCUT2D eigenvalue weighted by molar-refractivity contribution is 6.08. The summed E-state index contributed by atoms with van der Waals surface area (Å²) in [5.41, 5.74) is 2.64. The minimum atomic E-state index is -0.861. The van der Waals surface area contributed by atoms with Crippen LogP contribution in [0.2, 0.25) is 0 Å². The normalized spacial score (nSPS) is 21.5. The molecule has 0 bridgehead atoms. The Hall–Kier alpha value is -3.01. The lowest BCUT2D eigenvalue weighted by molar-refractivity contribution is -0.140. The molecule has 1 aromatic heterocycles. The van der Waals surface area contributed by atoms with Gasteiger partial charge in [0.15, 0.2) is 0 Å². The molecule has 10 heteroatoms. The molecule has 0 atom stereocenters. The first kappa shape index (κ1) is 22.2. The Morgan fingerprint density at radius 1 is 1.19 bits per heavy atom. The highest BCUT2D eigenvalue weighted by Gasteiger charge is 2.52. The number of aryl methyl sites for hydroxylation is 1. The van der Waals surface area contributed by atoms with Crippen LogP contribution in [0.4, 0.5) is 10.6 Å². The number of rotatable bonds is 5. The maximum absolute atomic E-state index is 12.8. The van der Waals surface area contributed by atoms with Crippen molar-refractivity contribution in [3.8, 4) is 0 Å².